The molecule has 5 rings (SSSR count). The number of halogens is 4. The van der Waals surface area contributed by atoms with Crippen LogP contribution in [0, 0.1) is 12.7 Å². The molecule has 42 heavy (non-hydrogen) atoms. The molecule has 3 aromatic rings. The summed E-state index contributed by atoms with van der Waals surface area (Å²) in [6.45, 7) is 12.1. The lowest BCUT2D eigenvalue weighted by atomic mass is 9.95. The highest BCUT2D eigenvalue weighted by atomic mass is 19.3. The van der Waals surface area contributed by atoms with Crippen LogP contribution in [0.2, 0.25) is 0 Å². The van der Waals surface area contributed by atoms with Crippen molar-refractivity contribution >= 4 is 23.0 Å². The number of hydrogen-bond donors (Lipinski definition) is 2. The standard InChI is InChI=1S/C16H19FN8.C9H16FNO.C3H6F2/c1-8(2)22-23-11-5-6-12(20-9(11)3)13-10(17)7-25-14(13)15(19-4)21-16(18)24-25;1-9(10)3-2-4-11(7-9)8-5-12-6-8;1-2-3(4)5/h5-8H,1-4H3,(H3,18,19,21,24);8H,2-7H2,1H3;3H,2H2,1H3. The second-order valence-electron chi connectivity index (χ2n) is 10.8. The lowest BCUT2D eigenvalue weighted by Gasteiger charge is -2.43. The van der Waals surface area contributed by atoms with E-state index in [1.54, 1.807) is 26.1 Å². The fourth-order valence-electron chi connectivity index (χ4n) is 4.44. The van der Waals surface area contributed by atoms with E-state index in [9.17, 15) is 17.6 Å². The number of piperidine rings is 1. The number of likely N-dealkylation sites (tertiary alicyclic amines) is 1. The van der Waals surface area contributed by atoms with Crippen LogP contribution in [-0.2, 0) is 4.74 Å². The van der Waals surface area contributed by atoms with Crippen LogP contribution in [0.3, 0.4) is 0 Å². The molecular weight excluding hydrogens is 554 g/mol. The average molecular weight is 596 g/mol. The molecule has 0 saturated carbocycles. The molecular formula is C28H41F4N9O. The van der Waals surface area contributed by atoms with Crippen molar-refractivity contribution < 1.29 is 22.3 Å². The Morgan fingerprint density at radius 1 is 1.24 bits per heavy atom. The first-order chi connectivity index (χ1) is 19.8. The minimum absolute atomic E-state index is 0.0278. The summed E-state index contributed by atoms with van der Waals surface area (Å²) < 4.78 is 56.1. The van der Waals surface area contributed by atoms with Crippen LogP contribution in [0.25, 0.3) is 16.8 Å². The summed E-state index contributed by atoms with van der Waals surface area (Å²) in [5.74, 6) is 0.0151. The molecule has 2 fully saturated rings. The first-order valence-corrected chi connectivity index (χ1v) is 14.0. The molecule has 0 amide bonds. The van der Waals surface area contributed by atoms with E-state index in [0.717, 1.165) is 32.6 Å². The number of alkyl halides is 3. The molecule has 2 aliphatic rings. The van der Waals surface area contributed by atoms with Crippen molar-refractivity contribution in [2.24, 2.45) is 10.2 Å². The molecule has 5 heterocycles. The van der Waals surface area contributed by atoms with Crippen molar-refractivity contribution in [3.05, 3.63) is 29.8 Å². The van der Waals surface area contributed by atoms with Crippen molar-refractivity contribution in [1.29, 1.82) is 0 Å². The third-order valence-electron chi connectivity index (χ3n) is 6.67. The van der Waals surface area contributed by atoms with E-state index in [1.165, 1.54) is 17.6 Å². The maximum absolute atomic E-state index is 14.6. The van der Waals surface area contributed by atoms with Gasteiger partial charge in [-0.15, -0.1) is 5.10 Å². The number of ether oxygens (including phenoxy) is 1. The topological polar surface area (TPSA) is 118 Å². The Kier molecular flexibility index (Phi) is 11.6. The molecule has 1 unspecified atom stereocenters. The molecule has 0 aromatic carbocycles. The number of aryl methyl sites for hydroxylation is 1. The average Bonchev–Trinajstić information content (AvgIpc) is 3.21. The largest absolute Gasteiger partial charge is 0.378 e. The third-order valence-corrected chi connectivity index (χ3v) is 6.67. The normalized spacial score (nSPS) is 19.4. The third kappa shape index (κ3) is 8.81. The van der Waals surface area contributed by atoms with Crippen molar-refractivity contribution in [3.8, 4) is 11.3 Å². The highest BCUT2D eigenvalue weighted by Gasteiger charge is 2.36. The first-order valence-electron chi connectivity index (χ1n) is 14.0. The molecule has 2 aliphatic heterocycles. The van der Waals surface area contributed by atoms with Gasteiger partial charge in [0.2, 0.25) is 12.4 Å². The SMILES string of the molecule is CC1(F)CCCN(C2COC2)C1.CCC(F)F.CNc1nc(N)nn2cc(F)c(-c3ccc(N=NC(C)C)c(C)n3)c12. The number of nitrogens with two attached hydrogens (primary N) is 1. The minimum atomic E-state index is -2.12. The summed E-state index contributed by atoms with van der Waals surface area (Å²) in [4.78, 5) is 10.8. The second-order valence-corrected chi connectivity index (χ2v) is 10.8. The number of rotatable bonds is 6. The zero-order valence-electron chi connectivity index (χ0n) is 25.0. The molecule has 0 aliphatic carbocycles. The molecule has 232 valence electrons. The Bertz CT molecular complexity index is 1340. The lowest BCUT2D eigenvalue weighted by Crippen LogP contribution is -2.55. The molecule has 10 nitrogen and oxygen atoms in total. The minimum Gasteiger partial charge on any atom is -0.378 e. The van der Waals surface area contributed by atoms with Gasteiger partial charge in [0.25, 0.3) is 0 Å². The van der Waals surface area contributed by atoms with Gasteiger partial charge in [-0.1, -0.05) is 6.92 Å². The van der Waals surface area contributed by atoms with Gasteiger partial charge in [-0.2, -0.15) is 15.2 Å². The number of fused-ring (bicyclic) bond motifs is 1. The van der Waals surface area contributed by atoms with Crippen molar-refractivity contribution in [1.82, 2.24) is 24.5 Å². The summed E-state index contributed by atoms with van der Waals surface area (Å²) in [6.07, 6.45) is 0.822. The van der Waals surface area contributed by atoms with Crippen molar-refractivity contribution in [2.45, 2.75) is 78.1 Å². The summed E-state index contributed by atoms with van der Waals surface area (Å²) in [6, 6.07) is 4.06. The number of anilines is 2. The van der Waals surface area contributed by atoms with Gasteiger partial charge in [0, 0.05) is 20.0 Å². The summed E-state index contributed by atoms with van der Waals surface area (Å²) >= 11 is 0. The second kappa shape index (κ2) is 14.7. The van der Waals surface area contributed by atoms with Crippen LogP contribution in [0.15, 0.2) is 28.6 Å². The number of aromatic nitrogens is 4. The molecule has 3 aromatic heterocycles. The molecule has 0 radical (unpaired) electrons. The Labute approximate surface area is 243 Å². The van der Waals surface area contributed by atoms with Crippen LogP contribution in [0.4, 0.5) is 35.0 Å². The van der Waals surface area contributed by atoms with E-state index in [2.05, 4.69) is 35.5 Å². The van der Waals surface area contributed by atoms with Crippen LogP contribution in [0.1, 0.15) is 52.7 Å². The monoisotopic (exact) mass is 595 g/mol. The fourth-order valence-corrected chi connectivity index (χ4v) is 4.44. The highest BCUT2D eigenvalue weighted by Crippen LogP contribution is 2.33. The maximum Gasteiger partial charge on any atom is 0.240 e. The van der Waals surface area contributed by atoms with Crippen LogP contribution in [-0.4, -0.2) is 82.0 Å². The number of pyridine rings is 1. The molecule has 0 bridgehead atoms. The number of azo groups is 1. The molecule has 0 spiro atoms. The zero-order valence-corrected chi connectivity index (χ0v) is 25.0. The van der Waals surface area contributed by atoms with Gasteiger partial charge in [-0.05, 0) is 59.2 Å². The first kappa shape index (κ1) is 33.1. The smallest absolute Gasteiger partial charge is 0.240 e. The maximum atomic E-state index is 14.6. The van der Waals surface area contributed by atoms with Crippen molar-refractivity contribution in [3.63, 3.8) is 0 Å². The van der Waals surface area contributed by atoms with Gasteiger partial charge in [0.1, 0.15) is 16.9 Å². The van der Waals surface area contributed by atoms with E-state index >= 15 is 0 Å². The van der Waals surface area contributed by atoms with E-state index in [0.29, 0.717) is 46.6 Å². The van der Waals surface area contributed by atoms with E-state index in [4.69, 9.17) is 10.5 Å². The van der Waals surface area contributed by atoms with Gasteiger partial charge >= 0.3 is 0 Å². The Balaban J connectivity index is 0.000000234. The molecule has 1 atom stereocenters. The number of nitrogens with zero attached hydrogens (tertiary/aromatic N) is 7. The van der Waals surface area contributed by atoms with Gasteiger partial charge in [0.15, 0.2) is 11.6 Å². The van der Waals surface area contributed by atoms with Gasteiger partial charge < -0.3 is 15.8 Å². The lowest BCUT2D eigenvalue weighted by molar-refractivity contribution is -0.0900. The Morgan fingerprint density at radius 3 is 2.45 bits per heavy atom. The summed E-state index contributed by atoms with van der Waals surface area (Å²) in [7, 11) is 1.69. The predicted molar refractivity (Wildman–Crippen MR) is 156 cm³/mol. The summed E-state index contributed by atoms with van der Waals surface area (Å²) in [5, 5.41) is 15.2. The highest BCUT2D eigenvalue weighted by molar-refractivity contribution is 5.88. The number of nitrogens with one attached hydrogen (secondary N) is 1. The van der Waals surface area contributed by atoms with E-state index in [-0.39, 0.29) is 18.4 Å². The Morgan fingerprint density at radius 2 is 1.93 bits per heavy atom. The van der Waals surface area contributed by atoms with Crippen LogP contribution >= 0.6 is 0 Å². The predicted octanol–water partition coefficient (Wildman–Crippen LogP) is 6.23. The Hall–Kier alpha value is -3.39. The van der Waals surface area contributed by atoms with Crippen LogP contribution < -0.4 is 11.1 Å². The summed E-state index contributed by atoms with van der Waals surface area (Å²) in [5.41, 5.74) is 7.24. The fraction of sp³-hybridized carbons (Fsp3) is 0.607. The number of nitrogen functional groups attached to an aromatic ring is 1. The van der Waals surface area contributed by atoms with Gasteiger partial charge in [-0.3, -0.25) is 9.88 Å². The molecule has 2 saturated heterocycles. The van der Waals surface area contributed by atoms with Crippen molar-refractivity contribution in [2.75, 3.05) is 44.4 Å². The quantitative estimate of drug-likeness (QED) is 0.256. The van der Waals surface area contributed by atoms with E-state index in [1.807, 2.05) is 20.8 Å². The van der Waals surface area contributed by atoms with Crippen LogP contribution in [0.5, 0.6) is 0 Å². The zero-order chi connectivity index (χ0) is 31.0. The van der Waals surface area contributed by atoms with Gasteiger partial charge in [0.05, 0.1) is 48.4 Å². The van der Waals surface area contributed by atoms with Gasteiger partial charge in [-0.25, -0.2) is 22.1 Å². The molecule has 3 N–H and O–H groups in total. The van der Waals surface area contributed by atoms with E-state index < -0.39 is 17.9 Å². The molecule has 14 heteroatoms. The number of hydrogen-bond acceptors (Lipinski definition) is 9.